The minimum Gasteiger partial charge on any atom is -0.345 e. The number of hydrogen-bond acceptors (Lipinski definition) is 3. The van der Waals surface area contributed by atoms with Crippen LogP contribution in [0.2, 0.25) is 0 Å². The van der Waals surface area contributed by atoms with Crippen molar-refractivity contribution in [1.82, 2.24) is 20.1 Å². The standard InChI is InChI=1S/C19H17FN4O/c20-14-4-6-15(7-5-14)24-18-3-1-2-17(16(18)12-22-24)23-19(25)13-8-10-21-11-9-13/h4-12,17H,1-3H2,(H,23,25)/t17-/m1/s1. The summed E-state index contributed by atoms with van der Waals surface area (Å²) in [5.41, 5.74) is 3.51. The van der Waals surface area contributed by atoms with E-state index in [1.54, 1.807) is 42.9 Å². The molecule has 0 aliphatic heterocycles. The smallest absolute Gasteiger partial charge is 0.251 e. The molecule has 0 spiro atoms. The zero-order valence-electron chi connectivity index (χ0n) is 13.5. The largest absolute Gasteiger partial charge is 0.345 e. The van der Waals surface area contributed by atoms with Crippen LogP contribution in [0.5, 0.6) is 0 Å². The van der Waals surface area contributed by atoms with Gasteiger partial charge in [-0.2, -0.15) is 5.10 Å². The van der Waals surface area contributed by atoms with Gasteiger partial charge in [-0.1, -0.05) is 0 Å². The zero-order chi connectivity index (χ0) is 17.2. The first-order valence-corrected chi connectivity index (χ1v) is 8.26. The first kappa shape index (κ1) is 15.5. The number of nitrogens with zero attached hydrogens (tertiary/aromatic N) is 3. The van der Waals surface area contributed by atoms with E-state index in [4.69, 9.17) is 0 Å². The Morgan fingerprint density at radius 2 is 1.92 bits per heavy atom. The molecule has 4 rings (SSSR count). The molecule has 1 amide bonds. The minimum atomic E-state index is -0.271. The number of carbonyl (C=O) groups excluding carboxylic acids is 1. The highest BCUT2D eigenvalue weighted by molar-refractivity contribution is 5.94. The molecule has 1 N–H and O–H groups in total. The van der Waals surface area contributed by atoms with Gasteiger partial charge in [0.2, 0.25) is 0 Å². The van der Waals surface area contributed by atoms with Crippen LogP contribution in [0.3, 0.4) is 0 Å². The number of pyridine rings is 1. The van der Waals surface area contributed by atoms with Crippen LogP contribution in [0.4, 0.5) is 4.39 Å². The number of hydrogen-bond donors (Lipinski definition) is 1. The van der Waals surface area contributed by atoms with Gasteiger partial charge < -0.3 is 5.32 Å². The highest BCUT2D eigenvalue weighted by Gasteiger charge is 2.26. The molecule has 0 saturated carbocycles. The first-order chi connectivity index (χ1) is 12.2. The predicted octanol–water partition coefficient (Wildman–Crippen LogP) is 3.21. The summed E-state index contributed by atoms with van der Waals surface area (Å²) >= 11 is 0. The van der Waals surface area contributed by atoms with Crippen LogP contribution in [-0.4, -0.2) is 20.7 Å². The molecule has 1 aliphatic carbocycles. The highest BCUT2D eigenvalue weighted by Crippen LogP contribution is 2.31. The molecule has 0 radical (unpaired) electrons. The van der Waals surface area contributed by atoms with Crippen molar-refractivity contribution in [3.8, 4) is 5.69 Å². The van der Waals surface area contributed by atoms with Crippen molar-refractivity contribution in [2.24, 2.45) is 0 Å². The third kappa shape index (κ3) is 3.03. The molecular weight excluding hydrogens is 319 g/mol. The molecule has 3 aromatic rings. The molecular formula is C19H17FN4O. The number of nitrogens with one attached hydrogen (secondary N) is 1. The molecule has 2 heterocycles. The van der Waals surface area contributed by atoms with Gasteiger partial charge in [-0.25, -0.2) is 9.07 Å². The van der Waals surface area contributed by atoms with E-state index in [1.807, 2.05) is 4.68 Å². The Kier molecular flexibility index (Phi) is 4.01. The van der Waals surface area contributed by atoms with E-state index in [0.29, 0.717) is 5.56 Å². The maximum absolute atomic E-state index is 13.2. The second-order valence-electron chi connectivity index (χ2n) is 6.09. The molecule has 1 aromatic carbocycles. The number of fused-ring (bicyclic) bond motifs is 1. The van der Waals surface area contributed by atoms with Crippen molar-refractivity contribution in [3.05, 3.63) is 77.6 Å². The van der Waals surface area contributed by atoms with Crippen LogP contribution < -0.4 is 5.32 Å². The average Bonchev–Trinajstić information content (AvgIpc) is 3.08. The average molecular weight is 336 g/mol. The lowest BCUT2D eigenvalue weighted by atomic mass is 9.92. The van der Waals surface area contributed by atoms with Crippen molar-refractivity contribution in [2.45, 2.75) is 25.3 Å². The highest BCUT2D eigenvalue weighted by atomic mass is 19.1. The van der Waals surface area contributed by atoms with Crippen molar-refractivity contribution < 1.29 is 9.18 Å². The lowest BCUT2D eigenvalue weighted by Crippen LogP contribution is -2.31. The van der Waals surface area contributed by atoms with Gasteiger partial charge in [0.15, 0.2) is 0 Å². The van der Waals surface area contributed by atoms with Crippen LogP contribution in [0.25, 0.3) is 5.69 Å². The fraction of sp³-hybridized carbons (Fsp3) is 0.211. The van der Waals surface area contributed by atoms with Crippen molar-refractivity contribution in [2.75, 3.05) is 0 Å². The van der Waals surface area contributed by atoms with Gasteiger partial charge >= 0.3 is 0 Å². The molecule has 1 aliphatic rings. The molecule has 0 saturated heterocycles. The van der Waals surface area contributed by atoms with Gasteiger partial charge in [0, 0.05) is 29.2 Å². The topological polar surface area (TPSA) is 59.8 Å². The van der Waals surface area contributed by atoms with Crippen LogP contribution in [0.1, 0.15) is 40.5 Å². The van der Waals surface area contributed by atoms with E-state index in [1.165, 1.54) is 12.1 Å². The molecule has 0 bridgehead atoms. The third-order valence-corrected chi connectivity index (χ3v) is 4.50. The summed E-state index contributed by atoms with van der Waals surface area (Å²) in [4.78, 5) is 16.4. The van der Waals surface area contributed by atoms with Gasteiger partial charge in [0.05, 0.1) is 17.9 Å². The third-order valence-electron chi connectivity index (χ3n) is 4.50. The summed E-state index contributed by atoms with van der Waals surface area (Å²) in [5, 5.41) is 7.55. The number of halogens is 1. The fourth-order valence-electron chi connectivity index (χ4n) is 3.26. The minimum absolute atomic E-state index is 0.0707. The molecule has 0 unspecified atom stereocenters. The zero-order valence-corrected chi connectivity index (χ0v) is 13.5. The van der Waals surface area contributed by atoms with Crippen LogP contribution >= 0.6 is 0 Å². The molecule has 0 fully saturated rings. The normalized spacial score (nSPS) is 16.3. The monoisotopic (exact) mass is 336 g/mol. The number of amides is 1. The van der Waals surface area contributed by atoms with E-state index in [2.05, 4.69) is 15.4 Å². The Bertz CT molecular complexity index is 890. The molecule has 5 nitrogen and oxygen atoms in total. The van der Waals surface area contributed by atoms with Gasteiger partial charge in [-0.05, 0) is 55.7 Å². The Morgan fingerprint density at radius 1 is 1.16 bits per heavy atom. The fourth-order valence-corrected chi connectivity index (χ4v) is 3.26. The van der Waals surface area contributed by atoms with Gasteiger partial charge in [-0.3, -0.25) is 9.78 Å². The summed E-state index contributed by atoms with van der Waals surface area (Å²) in [6.45, 7) is 0. The summed E-state index contributed by atoms with van der Waals surface area (Å²) in [5.74, 6) is -0.387. The number of benzene rings is 1. The summed E-state index contributed by atoms with van der Waals surface area (Å²) < 4.78 is 15.0. The van der Waals surface area contributed by atoms with Crippen molar-refractivity contribution in [1.29, 1.82) is 0 Å². The maximum Gasteiger partial charge on any atom is 0.251 e. The van der Waals surface area contributed by atoms with E-state index < -0.39 is 0 Å². The molecule has 126 valence electrons. The van der Waals surface area contributed by atoms with Crippen molar-refractivity contribution >= 4 is 5.91 Å². The number of carbonyl (C=O) groups is 1. The summed E-state index contributed by atoms with van der Waals surface area (Å²) in [6, 6.07) is 9.59. The SMILES string of the molecule is O=C(N[C@@H]1CCCc2c1cnn2-c1ccc(F)cc1)c1ccncc1. The predicted molar refractivity (Wildman–Crippen MR) is 90.9 cm³/mol. The maximum atomic E-state index is 13.2. The second-order valence-corrected chi connectivity index (χ2v) is 6.09. The lowest BCUT2D eigenvalue weighted by molar-refractivity contribution is 0.0932. The Balaban J connectivity index is 1.61. The second kappa shape index (κ2) is 6.47. The molecule has 6 heteroatoms. The van der Waals surface area contributed by atoms with E-state index in [9.17, 15) is 9.18 Å². The molecule has 2 aromatic heterocycles. The lowest BCUT2D eigenvalue weighted by Gasteiger charge is -2.24. The van der Waals surface area contributed by atoms with Crippen LogP contribution in [0.15, 0.2) is 55.0 Å². The van der Waals surface area contributed by atoms with E-state index in [-0.39, 0.29) is 17.8 Å². The van der Waals surface area contributed by atoms with Gasteiger partial charge in [-0.15, -0.1) is 0 Å². The summed E-state index contributed by atoms with van der Waals surface area (Å²) in [7, 11) is 0. The van der Waals surface area contributed by atoms with Crippen LogP contribution in [0, 0.1) is 5.82 Å². The first-order valence-electron chi connectivity index (χ1n) is 8.26. The van der Waals surface area contributed by atoms with E-state index >= 15 is 0 Å². The number of aromatic nitrogens is 3. The Hall–Kier alpha value is -3.02. The Labute approximate surface area is 144 Å². The number of rotatable bonds is 3. The van der Waals surface area contributed by atoms with Crippen LogP contribution in [-0.2, 0) is 6.42 Å². The summed E-state index contributed by atoms with van der Waals surface area (Å²) in [6.07, 6.45) is 7.73. The molecule has 1 atom stereocenters. The molecule has 25 heavy (non-hydrogen) atoms. The van der Waals surface area contributed by atoms with E-state index in [0.717, 1.165) is 36.2 Å². The Morgan fingerprint density at radius 3 is 2.68 bits per heavy atom. The van der Waals surface area contributed by atoms with Crippen molar-refractivity contribution in [3.63, 3.8) is 0 Å². The van der Waals surface area contributed by atoms with Gasteiger partial charge in [0.1, 0.15) is 5.82 Å². The quantitative estimate of drug-likeness (QED) is 0.799. The van der Waals surface area contributed by atoms with Gasteiger partial charge in [0.25, 0.3) is 5.91 Å².